The lowest BCUT2D eigenvalue weighted by Crippen LogP contribution is -2.31. The Morgan fingerprint density at radius 2 is 1.90 bits per heavy atom. The third-order valence-electron chi connectivity index (χ3n) is 4.15. The van der Waals surface area contributed by atoms with Crippen LogP contribution in [0.3, 0.4) is 0 Å². The smallest absolute Gasteiger partial charge is 0.0307 e. The van der Waals surface area contributed by atoms with E-state index in [9.17, 15) is 0 Å². The van der Waals surface area contributed by atoms with Gasteiger partial charge in [-0.15, -0.1) is 0 Å². The van der Waals surface area contributed by atoms with Crippen molar-refractivity contribution in [1.29, 1.82) is 0 Å². The first-order valence-electron chi connectivity index (χ1n) is 7.84. The van der Waals surface area contributed by atoms with Gasteiger partial charge in [0.05, 0.1) is 0 Å². The van der Waals surface area contributed by atoms with E-state index < -0.39 is 0 Å². The summed E-state index contributed by atoms with van der Waals surface area (Å²) >= 11 is 3.51. The fourth-order valence-corrected chi connectivity index (χ4v) is 2.93. The van der Waals surface area contributed by atoms with Crippen LogP contribution < -0.4 is 5.73 Å². The quantitative estimate of drug-likeness (QED) is 0.711. The minimum absolute atomic E-state index is 0.128. The fourth-order valence-electron chi connectivity index (χ4n) is 2.52. The average Bonchev–Trinajstić information content (AvgIpc) is 2.47. The zero-order valence-electron chi connectivity index (χ0n) is 13.1. The SMILES string of the molecule is CCC(CC)CN(CC)CCC(N)c1cccc(Br)c1. The Hall–Kier alpha value is -0.380. The van der Waals surface area contributed by atoms with Crippen molar-refractivity contribution in [1.82, 2.24) is 4.90 Å². The summed E-state index contributed by atoms with van der Waals surface area (Å²) in [5, 5.41) is 0. The molecule has 0 heterocycles. The molecular weight excluding hydrogens is 312 g/mol. The van der Waals surface area contributed by atoms with Crippen molar-refractivity contribution in [3.8, 4) is 0 Å². The van der Waals surface area contributed by atoms with Gasteiger partial charge in [0.2, 0.25) is 0 Å². The Balaban J connectivity index is 2.47. The lowest BCUT2D eigenvalue weighted by molar-refractivity contribution is 0.226. The molecule has 0 radical (unpaired) electrons. The van der Waals surface area contributed by atoms with Crippen LogP contribution in [-0.4, -0.2) is 24.5 Å². The molecule has 0 bridgehead atoms. The predicted octanol–water partition coefficient (Wildman–Crippen LogP) is 4.60. The second-order valence-electron chi connectivity index (χ2n) is 5.53. The van der Waals surface area contributed by atoms with Crippen LogP contribution in [0.25, 0.3) is 0 Å². The number of rotatable bonds is 9. The molecular formula is C17H29BrN2. The maximum Gasteiger partial charge on any atom is 0.0307 e. The number of hydrogen-bond acceptors (Lipinski definition) is 2. The third kappa shape index (κ3) is 5.94. The molecule has 3 heteroatoms. The number of hydrogen-bond donors (Lipinski definition) is 1. The van der Waals surface area contributed by atoms with Gasteiger partial charge in [-0.25, -0.2) is 0 Å². The molecule has 0 aromatic heterocycles. The Morgan fingerprint density at radius 3 is 2.45 bits per heavy atom. The molecule has 114 valence electrons. The molecule has 2 nitrogen and oxygen atoms in total. The lowest BCUT2D eigenvalue weighted by Gasteiger charge is -2.26. The molecule has 2 N–H and O–H groups in total. The van der Waals surface area contributed by atoms with Crippen LogP contribution in [0.4, 0.5) is 0 Å². The molecule has 0 aliphatic rings. The molecule has 1 rings (SSSR count). The monoisotopic (exact) mass is 340 g/mol. The van der Waals surface area contributed by atoms with Gasteiger partial charge in [-0.2, -0.15) is 0 Å². The van der Waals surface area contributed by atoms with Crippen molar-refractivity contribution in [2.24, 2.45) is 11.7 Å². The van der Waals surface area contributed by atoms with Gasteiger partial charge in [-0.05, 0) is 43.1 Å². The molecule has 1 aromatic carbocycles. The van der Waals surface area contributed by atoms with Gasteiger partial charge in [0, 0.05) is 17.1 Å². The maximum atomic E-state index is 6.32. The number of nitrogens with zero attached hydrogens (tertiary/aromatic N) is 1. The standard InChI is InChI=1S/C17H29BrN2/c1-4-14(5-2)13-20(6-3)11-10-17(19)15-8-7-9-16(18)12-15/h7-9,12,14,17H,4-6,10-11,13,19H2,1-3H3. The summed E-state index contributed by atoms with van der Waals surface area (Å²) in [5.74, 6) is 0.817. The largest absolute Gasteiger partial charge is 0.324 e. The van der Waals surface area contributed by atoms with Gasteiger partial charge < -0.3 is 10.6 Å². The van der Waals surface area contributed by atoms with Crippen LogP contribution in [0.1, 0.15) is 51.6 Å². The summed E-state index contributed by atoms with van der Waals surface area (Å²) in [6.45, 7) is 10.2. The molecule has 1 unspecified atom stereocenters. The first-order chi connectivity index (χ1) is 9.60. The summed E-state index contributed by atoms with van der Waals surface area (Å²) in [6, 6.07) is 8.47. The summed E-state index contributed by atoms with van der Waals surface area (Å²) in [6.07, 6.45) is 3.56. The van der Waals surface area contributed by atoms with E-state index in [4.69, 9.17) is 5.73 Å². The summed E-state index contributed by atoms with van der Waals surface area (Å²) in [7, 11) is 0. The van der Waals surface area contributed by atoms with Crippen molar-refractivity contribution < 1.29 is 0 Å². The highest BCUT2D eigenvalue weighted by molar-refractivity contribution is 9.10. The summed E-state index contributed by atoms with van der Waals surface area (Å²) < 4.78 is 1.11. The lowest BCUT2D eigenvalue weighted by atomic mass is 10.0. The highest BCUT2D eigenvalue weighted by Gasteiger charge is 2.12. The van der Waals surface area contributed by atoms with Crippen molar-refractivity contribution in [3.63, 3.8) is 0 Å². The van der Waals surface area contributed by atoms with Gasteiger partial charge in [0.15, 0.2) is 0 Å². The van der Waals surface area contributed by atoms with Crippen molar-refractivity contribution in [2.45, 2.75) is 46.1 Å². The normalized spacial score (nSPS) is 13.2. The molecule has 20 heavy (non-hydrogen) atoms. The van der Waals surface area contributed by atoms with E-state index in [1.807, 2.05) is 6.07 Å². The second-order valence-corrected chi connectivity index (χ2v) is 6.44. The van der Waals surface area contributed by atoms with Crippen LogP contribution in [0, 0.1) is 5.92 Å². The molecule has 0 saturated carbocycles. The highest BCUT2D eigenvalue weighted by atomic mass is 79.9. The Bertz CT molecular complexity index is 377. The number of halogens is 1. The first kappa shape index (κ1) is 17.7. The molecule has 0 aliphatic carbocycles. The van der Waals surface area contributed by atoms with E-state index in [0.29, 0.717) is 0 Å². The minimum Gasteiger partial charge on any atom is -0.324 e. The van der Waals surface area contributed by atoms with Crippen LogP contribution in [0.2, 0.25) is 0 Å². The number of nitrogens with two attached hydrogens (primary N) is 1. The van der Waals surface area contributed by atoms with Gasteiger partial charge in [0.1, 0.15) is 0 Å². The molecule has 0 fully saturated rings. The number of benzene rings is 1. The zero-order valence-corrected chi connectivity index (χ0v) is 14.7. The topological polar surface area (TPSA) is 29.3 Å². The molecule has 0 saturated heterocycles. The molecule has 1 aromatic rings. The molecule has 0 amide bonds. The predicted molar refractivity (Wildman–Crippen MR) is 91.9 cm³/mol. The zero-order chi connectivity index (χ0) is 15.0. The van der Waals surface area contributed by atoms with Crippen molar-refractivity contribution in [3.05, 3.63) is 34.3 Å². The van der Waals surface area contributed by atoms with E-state index in [0.717, 1.165) is 29.9 Å². The van der Waals surface area contributed by atoms with E-state index >= 15 is 0 Å². The van der Waals surface area contributed by atoms with Gasteiger partial charge in [-0.1, -0.05) is 61.7 Å². The maximum absolute atomic E-state index is 6.32. The van der Waals surface area contributed by atoms with Gasteiger partial charge in [0.25, 0.3) is 0 Å². The first-order valence-corrected chi connectivity index (χ1v) is 8.63. The second kappa shape index (κ2) is 9.54. The average molecular weight is 341 g/mol. The molecule has 0 spiro atoms. The van der Waals surface area contributed by atoms with E-state index in [1.165, 1.54) is 24.9 Å². The summed E-state index contributed by atoms with van der Waals surface area (Å²) in [4.78, 5) is 2.54. The molecule has 1 atom stereocenters. The summed E-state index contributed by atoms with van der Waals surface area (Å²) in [5.41, 5.74) is 7.54. The van der Waals surface area contributed by atoms with Crippen LogP contribution in [0.5, 0.6) is 0 Å². The van der Waals surface area contributed by atoms with Crippen LogP contribution in [0.15, 0.2) is 28.7 Å². The van der Waals surface area contributed by atoms with E-state index in [1.54, 1.807) is 0 Å². The fraction of sp³-hybridized carbons (Fsp3) is 0.647. The van der Waals surface area contributed by atoms with E-state index in [-0.39, 0.29) is 6.04 Å². The van der Waals surface area contributed by atoms with Crippen LogP contribution in [-0.2, 0) is 0 Å². The minimum atomic E-state index is 0.128. The van der Waals surface area contributed by atoms with Gasteiger partial charge >= 0.3 is 0 Å². The highest BCUT2D eigenvalue weighted by Crippen LogP contribution is 2.19. The van der Waals surface area contributed by atoms with Crippen molar-refractivity contribution in [2.75, 3.05) is 19.6 Å². The Morgan fingerprint density at radius 1 is 1.20 bits per heavy atom. The Kier molecular flexibility index (Phi) is 8.43. The van der Waals surface area contributed by atoms with Crippen molar-refractivity contribution >= 4 is 15.9 Å². The van der Waals surface area contributed by atoms with E-state index in [2.05, 4.69) is 59.8 Å². The van der Waals surface area contributed by atoms with Crippen LogP contribution >= 0.6 is 15.9 Å². The third-order valence-corrected chi connectivity index (χ3v) is 4.64. The Labute approximate surface area is 132 Å². The molecule has 0 aliphatic heterocycles. The van der Waals surface area contributed by atoms with Gasteiger partial charge in [-0.3, -0.25) is 0 Å².